The first-order valence-corrected chi connectivity index (χ1v) is 9.79. The zero-order chi connectivity index (χ0) is 22.4. The molecule has 0 saturated carbocycles. The average molecular weight is 423 g/mol. The maximum atomic E-state index is 12.5. The second-order valence-electron chi connectivity index (χ2n) is 6.69. The minimum absolute atomic E-state index is 0.203. The fourth-order valence-corrected chi connectivity index (χ4v) is 3.11. The van der Waals surface area contributed by atoms with Gasteiger partial charge in [0.25, 0.3) is 5.91 Å². The molecule has 31 heavy (non-hydrogen) atoms. The lowest BCUT2D eigenvalue weighted by Gasteiger charge is -2.11. The van der Waals surface area contributed by atoms with E-state index in [0.29, 0.717) is 41.5 Å². The molecule has 0 aliphatic rings. The number of benzene rings is 2. The van der Waals surface area contributed by atoms with Crippen LogP contribution in [0.15, 0.2) is 48.7 Å². The predicted molar refractivity (Wildman–Crippen MR) is 115 cm³/mol. The highest BCUT2D eigenvalue weighted by Gasteiger charge is 2.16. The van der Waals surface area contributed by atoms with E-state index in [1.807, 2.05) is 12.1 Å². The molecule has 3 rings (SSSR count). The Kier molecular flexibility index (Phi) is 6.92. The van der Waals surface area contributed by atoms with Crippen molar-refractivity contribution in [3.63, 3.8) is 0 Å². The molecule has 1 aromatic heterocycles. The van der Waals surface area contributed by atoms with Crippen molar-refractivity contribution in [3.8, 4) is 17.2 Å². The smallest absolute Gasteiger partial charge is 0.341 e. The number of hydrogen-bond donors (Lipinski definition) is 1. The summed E-state index contributed by atoms with van der Waals surface area (Å²) in [7, 11) is 3.14. The average Bonchev–Trinajstić information content (AvgIpc) is 3.18. The third-order valence-corrected chi connectivity index (χ3v) is 4.78. The Labute approximate surface area is 180 Å². The van der Waals surface area contributed by atoms with Gasteiger partial charge in [0.15, 0.2) is 11.5 Å². The van der Waals surface area contributed by atoms with Gasteiger partial charge in [0, 0.05) is 12.1 Å². The molecule has 8 nitrogen and oxygen atoms in total. The topological polar surface area (TPSA) is 91.7 Å². The Balaban J connectivity index is 1.68. The first-order chi connectivity index (χ1) is 15.0. The van der Waals surface area contributed by atoms with Gasteiger partial charge >= 0.3 is 5.97 Å². The van der Waals surface area contributed by atoms with Gasteiger partial charge in [0.05, 0.1) is 38.4 Å². The maximum absolute atomic E-state index is 12.5. The largest absolute Gasteiger partial charge is 0.493 e. The second-order valence-corrected chi connectivity index (χ2v) is 6.69. The fraction of sp³-hybridized carbons (Fsp3) is 0.261. The summed E-state index contributed by atoms with van der Waals surface area (Å²) in [5.74, 6) is 0.631. The van der Waals surface area contributed by atoms with Gasteiger partial charge in [-0.05, 0) is 55.8 Å². The molecule has 8 heteroatoms. The first-order valence-electron chi connectivity index (χ1n) is 9.79. The number of esters is 1. The van der Waals surface area contributed by atoms with E-state index in [9.17, 15) is 9.59 Å². The molecule has 0 aliphatic heterocycles. The summed E-state index contributed by atoms with van der Waals surface area (Å²) in [6.07, 6.45) is 1.48. The monoisotopic (exact) mass is 423 g/mol. The molecule has 3 aromatic rings. The zero-order valence-electron chi connectivity index (χ0n) is 18.0. The van der Waals surface area contributed by atoms with Gasteiger partial charge in [-0.1, -0.05) is 6.07 Å². The van der Waals surface area contributed by atoms with E-state index in [-0.39, 0.29) is 5.91 Å². The van der Waals surface area contributed by atoms with Gasteiger partial charge in [-0.25, -0.2) is 9.48 Å². The summed E-state index contributed by atoms with van der Waals surface area (Å²) in [5, 5.41) is 7.15. The lowest BCUT2D eigenvalue weighted by Crippen LogP contribution is -2.22. The van der Waals surface area contributed by atoms with Crippen molar-refractivity contribution < 1.29 is 23.8 Å². The van der Waals surface area contributed by atoms with E-state index in [2.05, 4.69) is 10.4 Å². The number of hydrogen-bond acceptors (Lipinski definition) is 6. The van der Waals surface area contributed by atoms with Crippen molar-refractivity contribution in [2.75, 3.05) is 20.8 Å². The van der Waals surface area contributed by atoms with Gasteiger partial charge in [0.2, 0.25) is 0 Å². The van der Waals surface area contributed by atoms with Crippen LogP contribution < -0.4 is 14.8 Å². The fourth-order valence-electron chi connectivity index (χ4n) is 3.11. The van der Waals surface area contributed by atoms with Gasteiger partial charge in [0.1, 0.15) is 5.56 Å². The van der Waals surface area contributed by atoms with Gasteiger partial charge in [-0.3, -0.25) is 4.79 Å². The molecule has 0 fully saturated rings. The van der Waals surface area contributed by atoms with Crippen LogP contribution in [-0.4, -0.2) is 42.5 Å². The molecule has 1 N–H and O–H groups in total. The minimum atomic E-state index is -0.405. The summed E-state index contributed by atoms with van der Waals surface area (Å²) in [6, 6.07) is 12.5. The van der Waals surface area contributed by atoms with E-state index in [1.165, 1.54) is 6.20 Å². The Morgan fingerprint density at radius 2 is 1.74 bits per heavy atom. The molecule has 2 aromatic carbocycles. The molecule has 0 bridgehead atoms. The van der Waals surface area contributed by atoms with Gasteiger partial charge in [-0.2, -0.15) is 5.10 Å². The van der Waals surface area contributed by atoms with Crippen LogP contribution in [0.25, 0.3) is 5.69 Å². The van der Waals surface area contributed by atoms with Crippen LogP contribution in [0.2, 0.25) is 0 Å². The van der Waals surface area contributed by atoms with Crippen LogP contribution in [0.1, 0.15) is 38.9 Å². The van der Waals surface area contributed by atoms with Crippen molar-refractivity contribution in [2.45, 2.75) is 20.4 Å². The first kappa shape index (κ1) is 21.9. The Bertz CT molecular complexity index is 1070. The van der Waals surface area contributed by atoms with Crippen molar-refractivity contribution in [2.24, 2.45) is 0 Å². The zero-order valence-corrected chi connectivity index (χ0v) is 18.0. The van der Waals surface area contributed by atoms with Crippen LogP contribution in [-0.2, 0) is 11.3 Å². The van der Waals surface area contributed by atoms with Crippen molar-refractivity contribution in [3.05, 3.63) is 71.0 Å². The summed E-state index contributed by atoms with van der Waals surface area (Å²) in [5.41, 5.74) is 3.23. The quantitative estimate of drug-likeness (QED) is 0.559. The van der Waals surface area contributed by atoms with E-state index in [1.54, 1.807) is 63.1 Å². The summed E-state index contributed by atoms with van der Waals surface area (Å²) >= 11 is 0. The van der Waals surface area contributed by atoms with E-state index in [4.69, 9.17) is 14.2 Å². The number of methoxy groups -OCH3 is 2. The van der Waals surface area contributed by atoms with E-state index in [0.717, 1.165) is 11.3 Å². The maximum Gasteiger partial charge on any atom is 0.341 e. The molecule has 1 heterocycles. The third-order valence-electron chi connectivity index (χ3n) is 4.78. The molecule has 0 unspecified atom stereocenters. The van der Waals surface area contributed by atoms with Crippen LogP contribution >= 0.6 is 0 Å². The van der Waals surface area contributed by atoms with Crippen LogP contribution in [0.5, 0.6) is 11.5 Å². The van der Waals surface area contributed by atoms with Crippen LogP contribution in [0.3, 0.4) is 0 Å². The number of amides is 1. The summed E-state index contributed by atoms with van der Waals surface area (Å²) < 4.78 is 17.2. The van der Waals surface area contributed by atoms with E-state index < -0.39 is 5.97 Å². The number of rotatable bonds is 8. The van der Waals surface area contributed by atoms with Crippen LogP contribution in [0.4, 0.5) is 0 Å². The standard InChI is InChI=1S/C23H25N3O5/c1-5-31-23(28)19-14-25-26(15(19)2)18-9-7-17(8-10-18)22(27)24-13-16-6-11-20(29-3)21(12-16)30-4/h6-12,14H,5,13H2,1-4H3,(H,24,27). The van der Waals surface area contributed by atoms with Crippen molar-refractivity contribution in [1.29, 1.82) is 0 Å². The molecule has 1 amide bonds. The van der Waals surface area contributed by atoms with Crippen molar-refractivity contribution in [1.82, 2.24) is 15.1 Å². The lowest BCUT2D eigenvalue weighted by molar-refractivity contribution is 0.0525. The summed E-state index contributed by atoms with van der Waals surface area (Å²) in [6.45, 7) is 4.20. The second kappa shape index (κ2) is 9.80. The Morgan fingerprint density at radius 3 is 2.39 bits per heavy atom. The molecule has 0 saturated heterocycles. The summed E-state index contributed by atoms with van der Waals surface area (Å²) in [4.78, 5) is 24.5. The normalized spacial score (nSPS) is 10.5. The van der Waals surface area contributed by atoms with E-state index >= 15 is 0 Å². The number of carbonyl (C=O) groups is 2. The Morgan fingerprint density at radius 1 is 1.03 bits per heavy atom. The molecular formula is C23H25N3O5. The molecular weight excluding hydrogens is 398 g/mol. The van der Waals surface area contributed by atoms with Crippen molar-refractivity contribution >= 4 is 11.9 Å². The lowest BCUT2D eigenvalue weighted by atomic mass is 10.1. The minimum Gasteiger partial charge on any atom is -0.493 e. The number of ether oxygens (including phenoxy) is 3. The number of carbonyl (C=O) groups excluding carboxylic acids is 2. The number of aromatic nitrogens is 2. The Hall–Kier alpha value is -3.81. The molecule has 0 spiro atoms. The molecule has 162 valence electrons. The SMILES string of the molecule is CCOC(=O)c1cnn(-c2ccc(C(=O)NCc3ccc(OC)c(OC)c3)cc2)c1C. The number of nitrogens with one attached hydrogen (secondary N) is 1. The highest BCUT2D eigenvalue weighted by molar-refractivity contribution is 5.94. The molecule has 0 atom stereocenters. The number of nitrogens with zero attached hydrogens (tertiary/aromatic N) is 2. The van der Waals surface area contributed by atoms with Crippen LogP contribution in [0, 0.1) is 6.92 Å². The molecule has 0 radical (unpaired) electrons. The predicted octanol–water partition coefficient (Wildman–Crippen LogP) is 3.30. The highest BCUT2D eigenvalue weighted by atomic mass is 16.5. The van der Waals surface area contributed by atoms with Gasteiger partial charge in [-0.15, -0.1) is 0 Å². The van der Waals surface area contributed by atoms with Gasteiger partial charge < -0.3 is 19.5 Å². The highest BCUT2D eigenvalue weighted by Crippen LogP contribution is 2.27. The third kappa shape index (κ3) is 4.85. The molecule has 0 aliphatic carbocycles.